The Morgan fingerprint density at radius 1 is 1.00 bits per heavy atom. The van der Waals surface area contributed by atoms with Crippen molar-refractivity contribution in [3.05, 3.63) is 29.3 Å². The van der Waals surface area contributed by atoms with Gasteiger partial charge in [0.2, 0.25) is 21.8 Å². The summed E-state index contributed by atoms with van der Waals surface area (Å²) < 4.78 is 25.9. The van der Waals surface area contributed by atoms with Gasteiger partial charge in [-0.25, -0.2) is 8.42 Å². The molecule has 3 rings (SSSR count). The molecule has 2 aliphatic rings. The minimum atomic E-state index is -3.80. The summed E-state index contributed by atoms with van der Waals surface area (Å²) in [6.45, 7) is -0.629. The first kappa shape index (κ1) is 13.3. The molecule has 7 heteroatoms. The van der Waals surface area contributed by atoms with E-state index in [-0.39, 0.29) is 18.0 Å². The van der Waals surface area contributed by atoms with E-state index in [1.54, 1.807) is 12.1 Å². The monoisotopic (exact) mass is 294 g/mol. The van der Waals surface area contributed by atoms with Gasteiger partial charge in [0.1, 0.15) is 0 Å². The zero-order chi connectivity index (χ0) is 14.3. The van der Waals surface area contributed by atoms with Crippen LogP contribution in [-0.4, -0.2) is 37.6 Å². The Bertz CT molecular complexity index is 680. The van der Waals surface area contributed by atoms with E-state index in [1.165, 1.54) is 5.56 Å². The molecule has 1 aliphatic heterocycles. The van der Waals surface area contributed by atoms with Crippen LogP contribution in [0.25, 0.3) is 0 Å². The highest BCUT2D eigenvalue weighted by atomic mass is 32.2. The average Bonchev–Trinajstić information content (AvgIpc) is 2.84. The molecule has 0 spiro atoms. The largest absolute Gasteiger partial charge is 0.294 e. The predicted molar refractivity (Wildman–Crippen MR) is 70.4 cm³/mol. The van der Waals surface area contributed by atoms with Crippen LogP contribution >= 0.6 is 0 Å². The van der Waals surface area contributed by atoms with E-state index in [9.17, 15) is 18.0 Å². The Kier molecular flexibility index (Phi) is 3.10. The third kappa shape index (κ3) is 2.23. The number of carbonyl (C=O) groups is 2. The van der Waals surface area contributed by atoms with Crippen LogP contribution in [-0.2, 0) is 32.5 Å². The molecule has 0 unspecified atom stereocenters. The molecule has 6 nitrogen and oxygen atoms in total. The Morgan fingerprint density at radius 3 is 2.35 bits per heavy atom. The lowest BCUT2D eigenvalue weighted by Gasteiger charge is -2.25. The van der Waals surface area contributed by atoms with Crippen LogP contribution in [0.15, 0.2) is 23.1 Å². The minimum absolute atomic E-state index is 0.153. The molecule has 20 heavy (non-hydrogen) atoms. The van der Waals surface area contributed by atoms with Crippen molar-refractivity contribution in [2.45, 2.75) is 24.2 Å². The number of nitrogens with one attached hydrogen (secondary N) is 1. The fraction of sp³-hybridized carbons (Fsp3) is 0.385. The van der Waals surface area contributed by atoms with E-state index in [0.717, 1.165) is 29.1 Å². The quantitative estimate of drug-likeness (QED) is 0.767. The van der Waals surface area contributed by atoms with Gasteiger partial charge in [0.15, 0.2) is 0 Å². The van der Waals surface area contributed by atoms with Gasteiger partial charge in [-0.3, -0.25) is 14.9 Å². The van der Waals surface area contributed by atoms with Gasteiger partial charge in [-0.2, -0.15) is 4.31 Å². The summed E-state index contributed by atoms with van der Waals surface area (Å²) in [5.74, 6) is -1.18. The molecule has 0 saturated carbocycles. The van der Waals surface area contributed by atoms with E-state index in [2.05, 4.69) is 5.32 Å². The van der Waals surface area contributed by atoms with Crippen molar-refractivity contribution in [2.24, 2.45) is 0 Å². The van der Waals surface area contributed by atoms with Gasteiger partial charge in [0.05, 0.1) is 18.0 Å². The number of piperazine rings is 1. The number of amides is 2. The molecule has 2 amide bonds. The summed E-state index contributed by atoms with van der Waals surface area (Å²) in [4.78, 5) is 22.8. The highest BCUT2D eigenvalue weighted by molar-refractivity contribution is 7.89. The fourth-order valence-electron chi connectivity index (χ4n) is 2.64. The highest BCUT2D eigenvalue weighted by Gasteiger charge is 2.33. The van der Waals surface area contributed by atoms with Gasteiger partial charge in [-0.15, -0.1) is 0 Å². The van der Waals surface area contributed by atoms with Gasteiger partial charge in [0, 0.05) is 0 Å². The molecule has 1 aromatic rings. The van der Waals surface area contributed by atoms with Crippen molar-refractivity contribution in [2.75, 3.05) is 13.1 Å². The number of fused-ring (bicyclic) bond motifs is 1. The molecule has 1 aliphatic carbocycles. The summed E-state index contributed by atoms with van der Waals surface area (Å²) in [7, 11) is -3.80. The molecule has 1 saturated heterocycles. The first-order valence-electron chi connectivity index (χ1n) is 6.41. The molecular formula is C13H14N2O4S. The third-order valence-corrected chi connectivity index (χ3v) is 5.41. The standard InChI is InChI=1S/C13H14N2O4S/c16-12-7-15(8-13(17)14-12)20(18,19)11-5-4-9-2-1-3-10(9)6-11/h4-6H,1-3,7-8H2,(H,14,16,17). The second-order valence-corrected chi connectivity index (χ2v) is 6.97. The molecule has 0 radical (unpaired) electrons. The highest BCUT2D eigenvalue weighted by Crippen LogP contribution is 2.26. The van der Waals surface area contributed by atoms with Gasteiger partial charge in [-0.1, -0.05) is 6.07 Å². The van der Waals surface area contributed by atoms with Gasteiger partial charge in [-0.05, 0) is 42.5 Å². The van der Waals surface area contributed by atoms with Crippen LogP contribution in [0.2, 0.25) is 0 Å². The molecule has 1 N–H and O–H groups in total. The fourth-order valence-corrected chi connectivity index (χ4v) is 4.04. The number of benzene rings is 1. The normalized spacial score (nSPS) is 19.8. The van der Waals surface area contributed by atoms with Gasteiger partial charge in [0.25, 0.3) is 0 Å². The van der Waals surface area contributed by atoms with Crippen molar-refractivity contribution in [3.8, 4) is 0 Å². The van der Waals surface area contributed by atoms with E-state index < -0.39 is 21.8 Å². The molecule has 0 bridgehead atoms. The lowest BCUT2D eigenvalue weighted by atomic mass is 10.1. The molecule has 1 aromatic carbocycles. The van der Waals surface area contributed by atoms with Crippen molar-refractivity contribution in [1.29, 1.82) is 0 Å². The maximum absolute atomic E-state index is 12.5. The second kappa shape index (κ2) is 4.68. The SMILES string of the molecule is O=C1CN(S(=O)(=O)c2ccc3c(c2)CCC3)CC(=O)N1. The minimum Gasteiger partial charge on any atom is -0.294 e. The van der Waals surface area contributed by atoms with Crippen molar-refractivity contribution in [3.63, 3.8) is 0 Å². The van der Waals surface area contributed by atoms with E-state index in [1.807, 2.05) is 6.07 Å². The van der Waals surface area contributed by atoms with Crippen LogP contribution < -0.4 is 5.32 Å². The van der Waals surface area contributed by atoms with Crippen molar-refractivity contribution >= 4 is 21.8 Å². The van der Waals surface area contributed by atoms with Crippen LogP contribution in [0.5, 0.6) is 0 Å². The lowest BCUT2D eigenvalue weighted by molar-refractivity contribution is -0.134. The lowest BCUT2D eigenvalue weighted by Crippen LogP contribution is -2.53. The number of rotatable bonds is 2. The predicted octanol–water partition coefficient (Wildman–Crippen LogP) is -0.178. The van der Waals surface area contributed by atoms with Crippen LogP contribution in [0, 0.1) is 0 Å². The molecule has 1 heterocycles. The number of carbonyl (C=O) groups excluding carboxylic acids is 2. The van der Waals surface area contributed by atoms with Crippen LogP contribution in [0.4, 0.5) is 0 Å². The van der Waals surface area contributed by atoms with Gasteiger partial charge < -0.3 is 0 Å². The number of nitrogens with zero attached hydrogens (tertiary/aromatic N) is 1. The average molecular weight is 294 g/mol. The third-order valence-electron chi connectivity index (χ3n) is 3.63. The van der Waals surface area contributed by atoms with Crippen molar-refractivity contribution < 1.29 is 18.0 Å². The smallest absolute Gasteiger partial charge is 0.244 e. The number of aryl methyl sites for hydroxylation is 2. The zero-order valence-electron chi connectivity index (χ0n) is 10.8. The van der Waals surface area contributed by atoms with E-state index in [0.29, 0.717) is 0 Å². The Morgan fingerprint density at radius 2 is 1.65 bits per heavy atom. The Balaban J connectivity index is 1.95. The van der Waals surface area contributed by atoms with Gasteiger partial charge >= 0.3 is 0 Å². The molecule has 106 valence electrons. The Hall–Kier alpha value is -1.73. The summed E-state index contributed by atoms with van der Waals surface area (Å²) in [6.07, 6.45) is 2.88. The Labute approximate surface area is 116 Å². The summed E-state index contributed by atoms with van der Waals surface area (Å²) in [5.41, 5.74) is 2.22. The maximum atomic E-state index is 12.5. The number of hydrogen-bond acceptors (Lipinski definition) is 4. The molecule has 0 atom stereocenters. The first-order valence-corrected chi connectivity index (χ1v) is 7.85. The second-order valence-electron chi connectivity index (χ2n) is 5.03. The summed E-state index contributed by atoms with van der Waals surface area (Å²) in [6, 6.07) is 5.03. The van der Waals surface area contributed by atoms with Crippen LogP contribution in [0.3, 0.4) is 0 Å². The summed E-state index contributed by atoms with van der Waals surface area (Å²) in [5, 5.41) is 2.09. The molecular weight excluding hydrogens is 280 g/mol. The van der Waals surface area contributed by atoms with E-state index in [4.69, 9.17) is 0 Å². The van der Waals surface area contributed by atoms with Crippen molar-refractivity contribution in [1.82, 2.24) is 9.62 Å². The maximum Gasteiger partial charge on any atom is 0.244 e. The van der Waals surface area contributed by atoms with E-state index >= 15 is 0 Å². The number of sulfonamides is 1. The first-order chi connectivity index (χ1) is 9.46. The molecule has 0 aromatic heterocycles. The number of hydrogen-bond donors (Lipinski definition) is 1. The van der Waals surface area contributed by atoms with Crippen LogP contribution in [0.1, 0.15) is 17.5 Å². The number of imide groups is 1. The zero-order valence-corrected chi connectivity index (χ0v) is 11.6. The summed E-state index contributed by atoms with van der Waals surface area (Å²) >= 11 is 0. The topological polar surface area (TPSA) is 83.6 Å². The molecule has 1 fully saturated rings.